The molecule has 7 heteroatoms. The highest BCUT2D eigenvalue weighted by Gasteiger charge is 2.38. The summed E-state index contributed by atoms with van der Waals surface area (Å²) in [4.78, 5) is 21.3. The van der Waals surface area contributed by atoms with Gasteiger partial charge in [-0.05, 0) is 13.3 Å². The van der Waals surface area contributed by atoms with Crippen molar-refractivity contribution in [1.29, 1.82) is 0 Å². The lowest BCUT2D eigenvalue weighted by molar-refractivity contribution is -0.147. The van der Waals surface area contributed by atoms with Crippen LogP contribution in [0, 0.1) is 5.92 Å². The van der Waals surface area contributed by atoms with Gasteiger partial charge in [-0.3, -0.25) is 4.79 Å². The van der Waals surface area contributed by atoms with Crippen LogP contribution in [0.25, 0.3) is 0 Å². The minimum absolute atomic E-state index is 0.462. The number of hydrogen-bond donors (Lipinski definition) is 0. The highest BCUT2D eigenvalue weighted by molar-refractivity contribution is 7.15. The molecule has 0 radical (unpaired) electrons. The molecule has 1 aliphatic heterocycles. The SMILES string of the molecule is CCc1cnc(N2CCN(C(=O)C(C)C(C)(F)F)CC2)s1. The number of anilines is 1. The second-order valence-electron chi connectivity index (χ2n) is 5.45. The van der Waals surface area contributed by atoms with Crippen LogP contribution in [0.3, 0.4) is 0 Å². The molecule has 1 atom stereocenters. The molecule has 2 heterocycles. The van der Waals surface area contributed by atoms with E-state index in [9.17, 15) is 13.6 Å². The monoisotopic (exact) mass is 317 g/mol. The van der Waals surface area contributed by atoms with Crippen molar-refractivity contribution in [2.45, 2.75) is 33.1 Å². The molecular weight excluding hydrogens is 296 g/mol. The second kappa shape index (κ2) is 6.25. The molecule has 2 rings (SSSR count). The van der Waals surface area contributed by atoms with Gasteiger partial charge >= 0.3 is 0 Å². The molecule has 1 unspecified atom stereocenters. The van der Waals surface area contributed by atoms with Gasteiger partial charge in [0, 0.05) is 44.2 Å². The molecule has 0 aliphatic carbocycles. The van der Waals surface area contributed by atoms with Gasteiger partial charge in [0.05, 0.1) is 5.92 Å². The van der Waals surface area contributed by atoms with Gasteiger partial charge in [-0.2, -0.15) is 0 Å². The molecule has 1 aliphatic rings. The third kappa shape index (κ3) is 3.70. The van der Waals surface area contributed by atoms with Crippen LogP contribution < -0.4 is 4.90 Å². The van der Waals surface area contributed by atoms with E-state index in [2.05, 4.69) is 16.8 Å². The molecule has 0 N–H and O–H groups in total. The Labute approximate surface area is 127 Å². The Balaban J connectivity index is 1.92. The first-order valence-corrected chi connectivity index (χ1v) is 8.00. The first-order valence-electron chi connectivity index (χ1n) is 7.19. The minimum atomic E-state index is -2.97. The maximum Gasteiger partial charge on any atom is 0.256 e. The summed E-state index contributed by atoms with van der Waals surface area (Å²) in [5, 5.41) is 0.952. The number of hydrogen-bond acceptors (Lipinski definition) is 4. The molecule has 118 valence electrons. The van der Waals surface area contributed by atoms with Crippen molar-refractivity contribution in [2.24, 2.45) is 5.92 Å². The van der Waals surface area contributed by atoms with Crippen molar-refractivity contribution in [3.63, 3.8) is 0 Å². The predicted molar refractivity (Wildman–Crippen MR) is 80.1 cm³/mol. The van der Waals surface area contributed by atoms with Crippen LogP contribution in [0.1, 0.15) is 25.6 Å². The molecule has 21 heavy (non-hydrogen) atoms. The minimum Gasteiger partial charge on any atom is -0.345 e. The Morgan fingerprint density at radius 1 is 1.43 bits per heavy atom. The molecule has 0 bridgehead atoms. The largest absolute Gasteiger partial charge is 0.345 e. The van der Waals surface area contributed by atoms with Crippen LogP contribution >= 0.6 is 11.3 Å². The van der Waals surface area contributed by atoms with Gasteiger partial charge in [0.2, 0.25) is 5.91 Å². The first kappa shape index (κ1) is 16.1. The van der Waals surface area contributed by atoms with Crippen LogP contribution in [0.15, 0.2) is 6.20 Å². The van der Waals surface area contributed by atoms with E-state index in [1.54, 1.807) is 11.3 Å². The van der Waals surface area contributed by atoms with E-state index in [-0.39, 0.29) is 0 Å². The number of nitrogens with zero attached hydrogens (tertiary/aromatic N) is 3. The van der Waals surface area contributed by atoms with Gasteiger partial charge in [0.1, 0.15) is 0 Å². The van der Waals surface area contributed by atoms with E-state index in [1.165, 1.54) is 16.7 Å². The number of aromatic nitrogens is 1. The van der Waals surface area contributed by atoms with Crippen molar-refractivity contribution >= 4 is 22.4 Å². The van der Waals surface area contributed by atoms with Crippen molar-refractivity contribution in [2.75, 3.05) is 31.1 Å². The van der Waals surface area contributed by atoms with Gasteiger partial charge in [-0.1, -0.05) is 6.92 Å². The first-order chi connectivity index (χ1) is 9.82. The van der Waals surface area contributed by atoms with E-state index < -0.39 is 17.7 Å². The van der Waals surface area contributed by atoms with Crippen LogP contribution in [-0.4, -0.2) is 47.9 Å². The molecule has 0 spiro atoms. The second-order valence-corrected chi connectivity index (χ2v) is 6.55. The number of alkyl halides is 2. The number of thiazole rings is 1. The van der Waals surface area contributed by atoms with Gasteiger partial charge in [0.25, 0.3) is 5.92 Å². The lowest BCUT2D eigenvalue weighted by atomic mass is 10.0. The third-order valence-electron chi connectivity index (χ3n) is 3.88. The summed E-state index contributed by atoms with van der Waals surface area (Å²) in [5.41, 5.74) is 0. The highest BCUT2D eigenvalue weighted by Crippen LogP contribution is 2.27. The van der Waals surface area contributed by atoms with Gasteiger partial charge in [-0.25, -0.2) is 13.8 Å². The number of carbonyl (C=O) groups is 1. The summed E-state index contributed by atoms with van der Waals surface area (Å²) in [5.74, 6) is -4.70. The third-order valence-corrected chi connectivity index (χ3v) is 5.08. The summed E-state index contributed by atoms with van der Waals surface area (Å²) < 4.78 is 26.5. The number of rotatable bonds is 4. The molecule has 0 saturated carbocycles. The Bertz CT molecular complexity index is 493. The molecule has 0 aromatic carbocycles. The highest BCUT2D eigenvalue weighted by atomic mass is 32.1. The predicted octanol–water partition coefficient (Wildman–Crippen LogP) is 2.65. The van der Waals surface area contributed by atoms with Crippen molar-refractivity contribution < 1.29 is 13.6 Å². The van der Waals surface area contributed by atoms with Gasteiger partial charge in [0.15, 0.2) is 5.13 Å². The molecule has 1 fully saturated rings. The van der Waals surface area contributed by atoms with E-state index in [0.29, 0.717) is 26.2 Å². The summed E-state index contributed by atoms with van der Waals surface area (Å²) >= 11 is 1.65. The maximum absolute atomic E-state index is 13.2. The summed E-state index contributed by atoms with van der Waals surface area (Å²) in [6, 6.07) is 0. The Morgan fingerprint density at radius 3 is 2.52 bits per heavy atom. The average molecular weight is 317 g/mol. The van der Waals surface area contributed by atoms with E-state index >= 15 is 0 Å². The standard InChI is InChI=1S/C14H21F2N3OS/c1-4-11-9-17-13(21-11)19-7-5-18(6-8-19)12(20)10(2)14(3,15)16/h9-10H,4-8H2,1-3H3. The summed E-state index contributed by atoms with van der Waals surface area (Å²) in [7, 11) is 0. The number of halogens is 2. The fourth-order valence-corrected chi connectivity index (χ4v) is 3.12. The Morgan fingerprint density at radius 2 is 2.05 bits per heavy atom. The van der Waals surface area contributed by atoms with Crippen LogP contribution in [0.5, 0.6) is 0 Å². The van der Waals surface area contributed by atoms with Gasteiger partial charge < -0.3 is 9.80 Å². The number of carbonyl (C=O) groups excluding carboxylic acids is 1. The smallest absolute Gasteiger partial charge is 0.256 e. The number of piperazine rings is 1. The normalized spacial score (nSPS) is 18.0. The quantitative estimate of drug-likeness (QED) is 0.856. The number of aryl methyl sites for hydroxylation is 1. The Kier molecular flexibility index (Phi) is 4.81. The molecule has 1 aromatic heterocycles. The fourth-order valence-electron chi connectivity index (χ4n) is 2.22. The lowest BCUT2D eigenvalue weighted by Crippen LogP contribution is -2.52. The average Bonchev–Trinajstić information content (AvgIpc) is 2.94. The zero-order valence-corrected chi connectivity index (χ0v) is 13.4. The molecule has 1 amide bonds. The zero-order chi connectivity index (χ0) is 15.6. The number of amides is 1. The van der Waals surface area contributed by atoms with E-state index in [0.717, 1.165) is 18.5 Å². The zero-order valence-electron chi connectivity index (χ0n) is 12.6. The lowest BCUT2D eigenvalue weighted by Gasteiger charge is -2.36. The summed E-state index contributed by atoms with van der Waals surface area (Å²) in [6.45, 7) is 6.41. The maximum atomic E-state index is 13.2. The van der Waals surface area contributed by atoms with Crippen molar-refractivity contribution in [3.05, 3.63) is 11.1 Å². The summed E-state index contributed by atoms with van der Waals surface area (Å²) in [6.07, 6.45) is 2.83. The van der Waals surface area contributed by atoms with Crippen LogP contribution in [0.4, 0.5) is 13.9 Å². The molecule has 1 aromatic rings. The topological polar surface area (TPSA) is 36.4 Å². The van der Waals surface area contributed by atoms with Crippen LogP contribution in [-0.2, 0) is 11.2 Å². The molecule has 4 nitrogen and oxygen atoms in total. The van der Waals surface area contributed by atoms with E-state index in [1.807, 2.05) is 6.20 Å². The van der Waals surface area contributed by atoms with E-state index in [4.69, 9.17) is 0 Å². The Hall–Kier alpha value is -1.24. The van der Waals surface area contributed by atoms with Crippen molar-refractivity contribution in [3.8, 4) is 0 Å². The van der Waals surface area contributed by atoms with Crippen LogP contribution in [0.2, 0.25) is 0 Å². The molecular formula is C14H21F2N3OS. The van der Waals surface area contributed by atoms with Gasteiger partial charge in [-0.15, -0.1) is 11.3 Å². The molecule has 1 saturated heterocycles. The fraction of sp³-hybridized carbons (Fsp3) is 0.714. The van der Waals surface area contributed by atoms with Crippen molar-refractivity contribution in [1.82, 2.24) is 9.88 Å².